The second-order valence-electron chi connectivity index (χ2n) is 9.43. The van der Waals surface area contributed by atoms with Gasteiger partial charge >= 0.3 is 6.09 Å². The van der Waals surface area contributed by atoms with Gasteiger partial charge in [0.25, 0.3) is 0 Å². The van der Waals surface area contributed by atoms with E-state index in [4.69, 9.17) is 16.3 Å². The largest absolute Gasteiger partial charge is 0.444 e. The van der Waals surface area contributed by atoms with E-state index in [2.05, 4.69) is 10.2 Å². The summed E-state index contributed by atoms with van der Waals surface area (Å²) in [5.74, 6) is -0.350. The third-order valence-electron chi connectivity index (χ3n) is 5.37. The summed E-state index contributed by atoms with van der Waals surface area (Å²) < 4.78 is 18.5. The maximum absolute atomic E-state index is 13.1. The van der Waals surface area contributed by atoms with Crippen molar-refractivity contribution in [3.63, 3.8) is 0 Å². The molecule has 2 aromatic carbocycles. The molecular weight excluding hydrogens is 457 g/mol. The smallest absolute Gasteiger partial charge is 0.412 e. The predicted octanol–water partition coefficient (Wildman–Crippen LogP) is 5.57. The maximum atomic E-state index is 13.1. The van der Waals surface area contributed by atoms with Crippen LogP contribution >= 0.6 is 11.6 Å². The summed E-state index contributed by atoms with van der Waals surface area (Å²) in [7, 11) is 0. The Balaban J connectivity index is 1.62. The molecule has 0 bridgehead atoms. The van der Waals surface area contributed by atoms with Crippen LogP contribution in [0.15, 0.2) is 48.5 Å². The van der Waals surface area contributed by atoms with Crippen molar-refractivity contribution < 1.29 is 18.7 Å². The van der Waals surface area contributed by atoms with Gasteiger partial charge in [-0.3, -0.25) is 15.0 Å². The van der Waals surface area contributed by atoms with Gasteiger partial charge in [-0.15, -0.1) is 0 Å². The Hall–Kier alpha value is -2.90. The monoisotopic (exact) mass is 487 g/mol. The zero-order valence-electron chi connectivity index (χ0n) is 20.0. The van der Waals surface area contributed by atoms with Gasteiger partial charge < -0.3 is 9.64 Å². The molecule has 1 fully saturated rings. The first-order valence-electron chi connectivity index (χ1n) is 11.3. The molecule has 1 heterocycles. The summed E-state index contributed by atoms with van der Waals surface area (Å²) in [6.07, 6.45) is 2.58. The van der Waals surface area contributed by atoms with Gasteiger partial charge in [-0.05, 0) is 69.2 Å². The molecule has 182 valence electrons. The number of hydrogen-bond donors (Lipinski definition) is 1. The van der Waals surface area contributed by atoms with Crippen molar-refractivity contribution in [2.75, 3.05) is 25.0 Å². The van der Waals surface area contributed by atoms with Crippen LogP contribution in [0.2, 0.25) is 5.02 Å². The second-order valence-corrected chi connectivity index (χ2v) is 9.87. The third kappa shape index (κ3) is 7.57. The van der Waals surface area contributed by atoms with Crippen LogP contribution in [-0.2, 0) is 16.1 Å². The van der Waals surface area contributed by atoms with E-state index in [-0.39, 0.29) is 17.8 Å². The third-order valence-corrected chi connectivity index (χ3v) is 5.61. The van der Waals surface area contributed by atoms with Gasteiger partial charge in [0.05, 0.1) is 5.69 Å². The van der Waals surface area contributed by atoms with E-state index >= 15 is 0 Å². The first-order chi connectivity index (χ1) is 16.0. The van der Waals surface area contributed by atoms with Crippen LogP contribution in [0.25, 0.3) is 6.08 Å². The Bertz CT molecular complexity index is 1050. The molecule has 1 N–H and O–H groups in total. The van der Waals surface area contributed by atoms with E-state index in [1.165, 1.54) is 18.2 Å². The number of hydrogen-bond acceptors (Lipinski definition) is 4. The fourth-order valence-corrected chi connectivity index (χ4v) is 3.98. The number of halogens is 2. The molecule has 3 rings (SSSR count). The van der Waals surface area contributed by atoms with Crippen molar-refractivity contribution in [3.8, 4) is 0 Å². The lowest BCUT2D eigenvalue weighted by molar-refractivity contribution is -0.130. The Morgan fingerprint density at radius 1 is 1.18 bits per heavy atom. The topological polar surface area (TPSA) is 61.9 Å². The number of ether oxygens (including phenoxy) is 1. The molecule has 0 aromatic heterocycles. The molecule has 1 aliphatic rings. The molecule has 0 saturated carbocycles. The van der Waals surface area contributed by atoms with Crippen LogP contribution < -0.4 is 5.32 Å². The Kier molecular flexibility index (Phi) is 8.33. The highest BCUT2D eigenvalue weighted by Crippen LogP contribution is 2.24. The van der Waals surface area contributed by atoms with Crippen LogP contribution in [0.4, 0.5) is 14.9 Å². The first-order valence-corrected chi connectivity index (χ1v) is 11.6. The number of piperazine rings is 1. The van der Waals surface area contributed by atoms with E-state index in [1.807, 2.05) is 11.8 Å². The molecular formula is C26H31ClFN3O3. The second kappa shape index (κ2) is 11.0. The van der Waals surface area contributed by atoms with E-state index in [0.717, 1.165) is 18.7 Å². The maximum Gasteiger partial charge on any atom is 0.412 e. The quantitative estimate of drug-likeness (QED) is 0.560. The number of amides is 2. The van der Waals surface area contributed by atoms with Gasteiger partial charge in [0.15, 0.2) is 0 Å². The molecule has 0 spiro atoms. The number of benzene rings is 2. The lowest BCUT2D eigenvalue weighted by Crippen LogP contribution is -2.53. The van der Waals surface area contributed by atoms with E-state index in [1.54, 1.807) is 57.2 Å². The molecule has 8 heteroatoms. The van der Waals surface area contributed by atoms with Crippen LogP contribution in [0.5, 0.6) is 0 Å². The van der Waals surface area contributed by atoms with Gasteiger partial charge in [0.1, 0.15) is 11.4 Å². The van der Waals surface area contributed by atoms with Gasteiger partial charge in [-0.1, -0.05) is 29.8 Å². The zero-order chi connectivity index (χ0) is 24.9. The number of anilines is 1. The molecule has 1 saturated heterocycles. The van der Waals surface area contributed by atoms with Crippen LogP contribution in [0, 0.1) is 5.82 Å². The molecule has 2 aromatic rings. The Morgan fingerprint density at radius 3 is 2.53 bits per heavy atom. The molecule has 1 aliphatic heterocycles. The minimum atomic E-state index is -0.635. The lowest BCUT2D eigenvalue weighted by Gasteiger charge is -2.39. The van der Waals surface area contributed by atoms with Crippen molar-refractivity contribution in [2.45, 2.75) is 45.9 Å². The van der Waals surface area contributed by atoms with E-state index in [9.17, 15) is 14.0 Å². The molecule has 34 heavy (non-hydrogen) atoms. The lowest BCUT2D eigenvalue weighted by atomic mass is 10.1. The zero-order valence-corrected chi connectivity index (χ0v) is 20.7. The number of carbonyl (C=O) groups excluding carboxylic acids is 2. The normalized spacial score (nSPS) is 17.1. The average molecular weight is 488 g/mol. The summed E-state index contributed by atoms with van der Waals surface area (Å²) in [6, 6.07) is 11.6. The van der Waals surface area contributed by atoms with Gasteiger partial charge in [-0.25, -0.2) is 9.18 Å². The summed E-state index contributed by atoms with van der Waals surface area (Å²) in [6.45, 7) is 10.1. The molecule has 6 nitrogen and oxygen atoms in total. The van der Waals surface area contributed by atoms with Crippen LogP contribution in [0.1, 0.15) is 38.8 Å². The standard InChI is InChI=1S/C26H31ClFN3O3/c1-18-16-30(17-19-5-10-22(28)11-6-19)13-14-31(18)24(32)12-8-20-7-9-21(27)15-23(20)29-25(33)34-26(2,3)4/h5-12,15,18H,13-14,16-17H2,1-4H3,(H,29,33)/t18-/m1/s1. The number of carbonyl (C=O) groups is 2. The molecule has 0 unspecified atom stereocenters. The molecule has 0 radical (unpaired) electrons. The summed E-state index contributed by atoms with van der Waals surface area (Å²) in [4.78, 5) is 29.2. The van der Waals surface area contributed by atoms with Crippen molar-refractivity contribution >= 4 is 35.4 Å². The van der Waals surface area contributed by atoms with Crippen molar-refractivity contribution in [2.24, 2.45) is 0 Å². The minimum absolute atomic E-state index is 0.0240. The van der Waals surface area contributed by atoms with Gasteiger partial charge in [0, 0.05) is 43.3 Å². The molecule has 0 aliphatic carbocycles. The van der Waals surface area contributed by atoms with Crippen LogP contribution in [0.3, 0.4) is 0 Å². The van der Waals surface area contributed by atoms with E-state index in [0.29, 0.717) is 29.4 Å². The first kappa shape index (κ1) is 25.7. The number of nitrogens with one attached hydrogen (secondary N) is 1. The number of rotatable bonds is 5. The number of nitrogens with zero attached hydrogens (tertiary/aromatic N) is 2. The minimum Gasteiger partial charge on any atom is -0.444 e. The van der Waals surface area contributed by atoms with E-state index < -0.39 is 11.7 Å². The summed E-state index contributed by atoms with van der Waals surface area (Å²) in [5.41, 5.74) is 1.51. The Labute approximate surface area is 205 Å². The molecule has 2 amide bonds. The fourth-order valence-electron chi connectivity index (χ4n) is 3.80. The SMILES string of the molecule is C[C@@H]1CN(Cc2ccc(F)cc2)CCN1C(=O)C=Cc1ccc(Cl)cc1NC(=O)OC(C)(C)C. The predicted molar refractivity (Wildman–Crippen MR) is 133 cm³/mol. The summed E-state index contributed by atoms with van der Waals surface area (Å²) >= 11 is 6.10. The van der Waals surface area contributed by atoms with Gasteiger partial charge in [0.2, 0.25) is 5.91 Å². The van der Waals surface area contributed by atoms with Crippen LogP contribution in [-0.4, -0.2) is 53.1 Å². The summed E-state index contributed by atoms with van der Waals surface area (Å²) in [5, 5.41) is 3.16. The molecule has 1 atom stereocenters. The Morgan fingerprint density at radius 2 is 1.88 bits per heavy atom. The van der Waals surface area contributed by atoms with Gasteiger partial charge in [-0.2, -0.15) is 0 Å². The fraction of sp³-hybridized carbons (Fsp3) is 0.385. The van der Waals surface area contributed by atoms with Crippen molar-refractivity contribution in [3.05, 3.63) is 70.5 Å². The highest BCUT2D eigenvalue weighted by molar-refractivity contribution is 6.31. The highest BCUT2D eigenvalue weighted by Gasteiger charge is 2.26. The average Bonchev–Trinajstić information content (AvgIpc) is 2.73. The highest BCUT2D eigenvalue weighted by atomic mass is 35.5. The van der Waals surface area contributed by atoms with Crippen molar-refractivity contribution in [1.82, 2.24) is 9.80 Å². The van der Waals surface area contributed by atoms with Crippen molar-refractivity contribution in [1.29, 1.82) is 0 Å².